The highest BCUT2D eigenvalue weighted by Crippen LogP contribution is 2.60. The molecule has 2 aliphatic rings. The van der Waals surface area contributed by atoms with Crippen molar-refractivity contribution < 1.29 is 8.42 Å². The molecule has 0 saturated heterocycles. The Balaban J connectivity index is 1.70. The maximum Gasteiger partial charge on any atom is 0.242 e. The molecule has 1 heterocycles. The topological polar surface area (TPSA) is 82.8 Å². The van der Waals surface area contributed by atoms with Gasteiger partial charge in [0.2, 0.25) is 10.0 Å². The van der Waals surface area contributed by atoms with E-state index in [1.54, 1.807) is 0 Å². The fourth-order valence-corrected chi connectivity index (χ4v) is 3.60. The Kier molecular flexibility index (Phi) is 2.84. The van der Waals surface area contributed by atoms with Crippen LogP contribution in [0.4, 0.5) is 0 Å². The first kappa shape index (κ1) is 12.6. The summed E-state index contributed by atoms with van der Waals surface area (Å²) in [4.78, 5) is 3.91. The Hall–Kier alpha value is -1.45. The van der Waals surface area contributed by atoms with Gasteiger partial charge >= 0.3 is 0 Å². The molecule has 0 aliphatic heterocycles. The van der Waals surface area contributed by atoms with Crippen molar-refractivity contribution in [1.29, 1.82) is 5.26 Å². The second-order valence-electron chi connectivity index (χ2n) is 5.45. The lowest BCUT2D eigenvalue weighted by Gasteiger charge is -2.15. The molecule has 0 amide bonds. The standard InChI is InChI=1S/C13H15N3O2S/c14-7-11-3-4-12(8-15-11)19(17,18)16-9-13(5-6-13)10-1-2-10/h3-4,8,10,16H,1-2,5-6,9H2. The zero-order valence-electron chi connectivity index (χ0n) is 10.5. The average molecular weight is 277 g/mol. The minimum absolute atomic E-state index is 0.123. The van der Waals surface area contributed by atoms with Crippen LogP contribution in [0.3, 0.4) is 0 Å². The summed E-state index contributed by atoms with van der Waals surface area (Å²) in [5.74, 6) is 0.717. The fourth-order valence-electron chi connectivity index (χ4n) is 2.51. The van der Waals surface area contributed by atoms with Gasteiger partial charge in [0.15, 0.2) is 0 Å². The third kappa shape index (κ3) is 2.48. The number of aromatic nitrogens is 1. The van der Waals surface area contributed by atoms with Crippen LogP contribution in [0.25, 0.3) is 0 Å². The smallest absolute Gasteiger partial charge is 0.242 e. The molecule has 6 heteroatoms. The summed E-state index contributed by atoms with van der Waals surface area (Å²) in [6.07, 6.45) is 5.97. The molecule has 1 N–H and O–H groups in total. The van der Waals surface area contributed by atoms with Crippen LogP contribution in [0.2, 0.25) is 0 Å². The van der Waals surface area contributed by atoms with Gasteiger partial charge in [0, 0.05) is 12.7 Å². The molecule has 0 spiro atoms. The highest BCUT2D eigenvalue weighted by Gasteiger charge is 2.53. The predicted octanol–water partition coefficient (Wildman–Crippen LogP) is 1.42. The highest BCUT2D eigenvalue weighted by atomic mass is 32.2. The van der Waals surface area contributed by atoms with E-state index in [0.29, 0.717) is 12.5 Å². The van der Waals surface area contributed by atoms with Gasteiger partial charge in [-0.25, -0.2) is 18.1 Å². The molecule has 19 heavy (non-hydrogen) atoms. The molecular weight excluding hydrogens is 262 g/mol. The Morgan fingerprint density at radius 2 is 2.16 bits per heavy atom. The Morgan fingerprint density at radius 1 is 1.42 bits per heavy atom. The van der Waals surface area contributed by atoms with Gasteiger partial charge in [0.1, 0.15) is 16.7 Å². The Bertz CT molecular complexity index is 623. The van der Waals surface area contributed by atoms with Crippen molar-refractivity contribution >= 4 is 10.0 Å². The summed E-state index contributed by atoms with van der Waals surface area (Å²) < 4.78 is 26.9. The monoisotopic (exact) mass is 277 g/mol. The molecule has 5 nitrogen and oxygen atoms in total. The number of nitrogens with zero attached hydrogens (tertiary/aromatic N) is 2. The molecule has 0 unspecified atom stereocenters. The van der Waals surface area contributed by atoms with E-state index in [0.717, 1.165) is 12.8 Å². The molecule has 1 aromatic heterocycles. The van der Waals surface area contributed by atoms with E-state index < -0.39 is 10.0 Å². The molecule has 2 fully saturated rings. The average Bonchev–Trinajstić information content (AvgIpc) is 3.29. The second kappa shape index (κ2) is 4.29. The number of rotatable bonds is 5. The molecule has 2 aliphatic carbocycles. The molecule has 0 atom stereocenters. The summed E-state index contributed by atoms with van der Waals surface area (Å²) in [5, 5.41) is 8.64. The molecule has 2 saturated carbocycles. The number of hydrogen-bond acceptors (Lipinski definition) is 4. The van der Waals surface area contributed by atoms with E-state index in [1.165, 1.54) is 31.2 Å². The summed E-state index contributed by atoms with van der Waals surface area (Å²) in [6, 6.07) is 4.71. The highest BCUT2D eigenvalue weighted by molar-refractivity contribution is 7.89. The Morgan fingerprint density at radius 3 is 2.63 bits per heavy atom. The lowest BCUT2D eigenvalue weighted by molar-refractivity contribution is 0.432. The van der Waals surface area contributed by atoms with Crippen molar-refractivity contribution in [2.75, 3.05) is 6.54 Å². The number of nitrogens with one attached hydrogen (secondary N) is 1. The maximum absolute atomic E-state index is 12.1. The van der Waals surface area contributed by atoms with Gasteiger partial charge in [-0.3, -0.25) is 0 Å². The molecule has 0 radical (unpaired) electrons. The quantitative estimate of drug-likeness (QED) is 0.882. The van der Waals surface area contributed by atoms with E-state index in [-0.39, 0.29) is 16.0 Å². The second-order valence-corrected chi connectivity index (χ2v) is 7.22. The van der Waals surface area contributed by atoms with Gasteiger partial charge in [-0.15, -0.1) is 0 Å². The largest absolute Gasteiger partial charge is 0.244 e. The van der Waals surface area contributed by atoms with Gasteiger partial charge in [0.25, 0.3) is 0 Å². The lowest BCUT2D eigenvalue weighted by Crippen LogP contribution is -2.31. The van der Waals surface area contributed by atoms with E-state index in [2.05, 4.69) is 9.71 Å². The van der Waals surface area contributed by atoms with Gasteiger partial charge in [0.05, 0.1) is 0 Å². The number of pyridine rings is 1. The first-order valence-electron chi connectivity index (χ1n) is 6.42. The van der Waals surface area contributed by atoms with Crippen molar-refractivity contribution in [3.8, 4) is 6.07 Å². The third-order valence-corrected chi connectivity index (χ3v) is 5.50. The maximum atomic E-state index is 12.1. The van der Waals surface area contributed by atoms with Gasteiger partial charge in [-0.2, -0.15) is 5.26 Å². The van der Waals surface area contributed by atoms with Crippen LogP contribution >= 0.6 is 0 Å². The number of sulfonamides is 1. The third-order valence-electron chi connectivity index (χ3n) is 4.11. The lowest BCUT2D eigenvalue weighted by atomic mass is 10.0. The molecule has 3 rings (SSSR count). The summed E-state index contributed by atoms with van der Waals surface area (Å²) in [5.41, 5.74) is 0.447. The number of hydrogen-bond donors (Lipinski definition) is 1. The first-order chi connectivity index (χ1) is 9.06. The summed E-state index contributed by atoms with van der Waals surface area (Å²) in [6.45, 7) is 0.528. The normalized spacial score (nSPS) is 20.8. The zero-order valence-corrected chi connectivity index (χ0v) is 11.3. The molecule has 0 bridgehead atoms. The fraction of sp³-hybridized carbons (Fsp3) is 0.538. The summed E-state index contributed by atoms with van der Waals surface area (Å²) >= 11 is 0. The van der Waals surface area contributed by atoms with Crippen molar-refractivity contribution in [2.24, 2.45) is 11.3 Å². The van der Waals surface area contributed by atoms with E-state index in [9.17, 15) is 8.42 Å². The van der Waals surface area contributed by atoms with E-state index in [4.69, 9.17) is 5.26 Å². The minimum Gasteiger partial charge on any atom is -0.244 e. The van der Waals surface area contributed by atoms with E-state index >= 15 is 0 Å². The van der Waals surface area contributed by atoms with Crippen LogP contribution in [-0.4, -0.2) is 19.9 Å². The molecular formula is C13H15N3O2S. The SMILES string of the molecule is N#Cc1ccc(S(=O)(=O)NCC2(C3CC3)CC2)cn1. The van der Waals surface area contributed by atoms with Crippen LogP contribution in [0.15, 0.2) is 23.2 Å². The van der Waals surface area contributed by atoms with Crippen LogP contribution < -0.4 is 4.72 Å². The van der Waals surface area contributed by atoms with Gasteiger partial charge in [-0.05, 0) is 49.1 Å². The van der Waals surface area contributed by atoms with Crippen molar-refractivity contribution in [2.45, 2.75) is 30.6 Å². The Labute approximate surface area is 112 Å². The van der Waals surface area contributed by atoms with Crippen molar-refractivity contribution in [1.82, 2.24) is 9.71 Å². The summed E-state index contributed by atoms with van der Waals surface area (Å²) in [7, 11) is -3.51. The molecule has 0 aromatic carbocycles. The predicted molar refractivity (Wildman–Crippen MR) is 68.5 cm³/mol. The van der Waals surface area contributed by atoms with Crippen LogP contribution in [0.5, 0.6) is 0 Å². The van der Waals surface area contributed by atoms with Crippen molar-refractivity contribution in [3.05, 3.63) is 24.0 Å². The van der Waals surface area contributed by atoms with Crippen LogP contribution in [-0.2, 0) is 10.0 Å². The van der Waals surface area contributed by atoms with Crippen molar-refractivity contribution in [3.63, 3.8) is 0 Å². The van der Waals surface area contributed by atoms with Gasteiger partial charge < -0.3 is 0 Å². The molecule has 1 aromatic rings. The van der Waals surface area contributed by atoms with Crippen LogP contribution in [0.1, 0.15) is 31.4 Å². The van der Waals surface area contributed by atoms with Gasteiger partial charge in [-0.1, -0.05) is 0 Å². The minimum atomic E-state index is -3.51. The molecule has 100 valence electrons. The number of nitriles is 1. The first-order valence-corrected chi connectivity index (χ1v) is 7.90. The van der Waals surface area contributed by atoms with E-state index in [1.807, 2.05) is 6.07 Å². The zero-order chi connectivity index (χ0) is 13.5. The van der Waals surface area contributed by atoms with Crippen LogP contribution in [0, 0.1) is 22.7 Å².